The Morgan fingerprint density at radius 3 is 2.90 bits per heavy atom. The van der Waals surface area contributed by atoms with E-state index in [4.69, 9.17) is 4.74 Å². The molecule has 0 saturated carbocycles. The van der Waals surface area contributed by atoms with Crippen molar-refractivity contribution in [1.82, 2.24) is 20.1 Å². The Morgan fingerprint density at radius 1 is 1.47 bits per heavy atom. The standard InChI is InChI=1S/C18H17N5O5S.Na/c1-18(8-28-17(27)21-16-22-20-9-29-16)7-12-11(6-10-4-2-3-5-19-10)14(24)23(12)13(18)15(25)26;/h2-6,9,12-13H,7-8H2,1H3,(H,25,26)(H,21,22,27);/q;+1/p-1/b11-6+;/t12?,13-,18-;/m0./s1. The summed E-state index contributed by atoms with van der Waals surface area (Å²) in [7, 11) is 0. The van der Waals surface area contributed by atoms with Gasteiger partial charge in [-0.05, 0) is 24.6 Å². The van der Waals surface area contributed by atoms with E-state index in [-0.39, 0.29) is 47.2 Å². The fraction of sp³-hybridized carbons (Fsp3) is 0.333. The van der Waals surface area contributed by atoms with Crippen molar-refractivity contribution in [2.45, 2.75) is 25.4 Å². The second kappa shape index (κ2) is 8.80. The molecule has 3 atom stereocenters. The number of fused-ring (bicyclic) bond motifs is 1. The number of nitrogens with zero attached hydrogens (tertiary/aromatic N) is 4. The maximum absolute atomic E-state index is 12.6. The van der Waals surface area contributed by atoms with Crippen LogP contribution in [0.15, 0.2) is 35.5 Å². The average molecular weight is 437 g/mol. The van der Waals surface area contributed by atoms with Crippen molar-refractivity contribution in [3.63, 3.8) is 0 Å². The molecule has 2 aromatic rings. The Balaban J connectivity index is 0.00000256. The molecule has 12 heteroatoms. The van der Waals surface area contributed by atoms with Crippen LogP contribution in [0.4, 0.5) is 9.93 Å². The molecule has 1 N–H and O–H groups in total. The van der Waals surface area contributed by atoms with E-state index in [0.717, 1.165) is 11.3 Å². The van der Waals surface area contributed by atoms with Gasteiger partial charge in [0.05, 0.1) is 23.7 Å². The second-order valence-corrected chi connectivity index (χ2v) is 7.94. The van der Waals surface area contributed by atoms with Crippen LogP contribution in [0, 0.1) is 5.41 Å². The van der Waals surface area contributed by atoms with Crippen LogP contribution in [0.5, 0.6) is 0 Å². The number of nitrogens with one attached hydrogen (secondary N) is 1. The van der Waals surface area contributed by atoms with Crippen LogP contribution in [0.1, 0.15) is 19.0 Å². The predicted molar refractivity (Wildman–Crippen MR) is 99.2 cm³/mol. The number of amides is 2. The summed E-state index contributed by atoms with van der Waals surface area (Å²) < 4.78 is 5.22. The van der Waals surface area contributed by atoms with Crippen molar-refractivity contribution in [1.29, 1.82) is 0 Å². The fourth-order valence-electron chi connectivity index (χ4n) is 3.81. The number of aliphatic carboxylic acids is 1. The molecule has 0 aliphatic carbocycles. The van der Waals surface area contributed by atoms with Gasteiger partial charge in [-0.15, -0.1) is 10.2 Å². The molecule has 150 valence electrons. The van der Waals surface area contributed by atoms with Gasteiger partial charge in [0.15, 0.2) is 0 Å². The van der Waals surface area contributed by atoms with Gasteiger partial charge in [-0.1, -0.05) is 24.3 Å². The number of carboxylic acid groups (broad SMARTS) is 1. The molecule has 0 radical (unpaired) electrons. The second-order valence-electron chi connectivity index (χ2n) is 7.11. The summed E-state index contributed by atoms with van der Waals surface area (Å²) in [5, 5.41) is 21.8. The van der Waals surface area contributed by atoms with Crippen molar-refractivity contribution in [3.05, 3.63) is 41.2 Å². The zero-order chi connectivity index (χ0) is 20.6. The van der Waals surface area contributed by atoms with Gasteiger partial charge in [-0.3, -0.25) is 15.1 Å². The fourth-order valence-corrected chi connectivity index (χ4v) is 4.24. The van der Waals surface area contributed by atoms with Gasteiger partial charge in [0.1, 0.15) is 12.1 Å². The summed E-state index contributed by atoms with van der Waals surface area (Å²) in [6, 6.07) is 3.73. The number of carbonyl (C=O) groups excluding carboxylic acids is 3. The van der Waals surface area contributed by atoms with Crippen LogP contribution < -0.4 is 40.0 Å². The molecule has 4 heterocycles. The maximum Gasteiger partial charge on any atom is 1.00 e. The summed E-state index contributed by atoms with van der Waals surface area (Å²) >= 11 is 1.12. The molecule has 0 spiro atoms. The van der Waals surface area contributed by atoms with E-state index in [9.17, 15) is 19.5 Å². The van der Waals surface area contributed by atoms with Crippen molar-refractivity contribution in [2.24, 2.45) is 5.41 Å². The first kappa shape index (κ1) is 22.3. The van der Waals surface area contributed by atoms with Gasteiger partial charge in [0, 0.05) is 17.2 Å². The number of anilines is 1. The van der Waals surface area contributed by atoms with Crippen LogP contribution in [-0.4, -0.2) is 56.7 Å². The molecule has 0 bridgehead atoms. The minimum absolute atomic E-state index is 0. The van der Waals surface area contributed by atoms with E-state index in [1.54, 1.807) is 37.4 Å². The topological polar surface area (TPSA) is 137 Å². The normalized spacial score (nSPS) is 25.8. The van der Waals surface area contributed by atoms with Gasteiger partial charge in [0.25, 0.3) is 5.91 Å². The third-order valence-electron chi connectivity index (χ3n) is 5.09. The Bertz CT molecular complexity index is 986. The molecule has 2 aromatic heterocycles. The van der Waals surface area contributed by atoms with Gasteiger partial charge >= 0.3 is 35.7 Å². The van der Waals surface area contributed by atoms with Gasteiger partial charge in [-0.2, -0.15) is 0 Å². The quantitative estimate of drug-likeness (QED) is 0.303. The van der Waals surface area contributed by atoms with E-state index in [2.05, 4.69) is 20.5 Å². The summed E-state index contributed by atoms with van der Waals surface area (Å²) in [6.45, 7) is 1.46. The third-order valence-corrected chi connectivity index (χ3v) is 5.70. The number of hydrogen-bond donors (Lipinski definition) is 1. The van der Waals surface area contributed by atoms with Crippen molar-refractivity contribution < 1.29 is 53.8 Å². The predicted octanol–water partition coefficient (Wildman–Crippen LogP) is -2.69. The molecule has 2 amide bonds. The minimum atomic E-state index is -1.38. The van der Waals surface area contributed by atoms with Crippen LogP contribution in [0.3, 0.4) is 0 Å². The van der Waals surface area contributed by atoms with Crippen LogP contribution in [-0.2, 0) is 14.3 Å². The summed E-state index contributed by atoms with van der Waals surface area (Å²) in [6.07, 6.45) is 2.82. The Kier molecular flexibility index (Phi) is 6.56. The molecule has 2 aliphatic heterocycles. The van der Waals surface area contributed by atoms with E-state index in [0.29, 0.717) is 17.7 Å². The molecule has 10 nitrogen and oxygen atoms in total. The van der Waals surface area contributed by atoms with E-state index in [1.807, 2.05) is 0 Å². The molecular weight excluding hydrogens is 421 g/mol. The average Bonchev–Trinajstić information content (AvgIpc) is 3.30. The van der Waals surface area contributed by atoms with Crippen LogP contribution >= 0.6 is 11.3 Å². The number of β-lactam (4-membered cyclic amide) rings is 1. The summed E-state index contributed by atoms with van der Waals surface area (Å²) in [5.74, 6) is -1.76. The largest absolute Gasteiger partial charge is 1.00 e. The van der Waals surface area contributed by atoms with Crippen molar-refractivity contribution in [3.8, 4) is 0 Å². The first-order valence-electron chi connectivity index (χ1n) is 8.75. The molecule has 1 unspecified atom stereocenters. The van der Waals surface area contributed by atoms with E-state index >= 15 is 0 Å². The number of ether oxygens (including phenoxy) is 1. The first-order valence-corrected chi connectivity index (χ1v) is 9.63. The zero-order valence-corrected chi connectivity index (χ0v) is 19.1. The molecular formula is C18H16N5NaO5S. The zero-order valence-electron chi connectivity index (χ0n) is 16.3. The van der Waals surface area contributed by atoms with Gasteiger partial charge in [0.2, 0.25) is 5.13 Å². The Labute approximate surface area is 197 Å². The number of carbonyl (C=O) groups is 3. The number of rotatable bonds is 5. The number of carboxylic acids is 1. The number of hydrogen-bond acceptors (Lipinski definition) is 9. The summed E-state index contributed by atoms with van der Waals surface area (Å²) in [4.78, 5) is 41.8. The van der Waals surface area contributed by atoms with E-state index in [1.165, 1.54) is 10.4 Å². The molecule has 2 fully saturated rings. The maximum atomic E-state index is 12.6. The molecule has 2 aliphatic rings. The van der Waals surface area contributed by atoms with Gasteiger partial charge in [-0.25, -0.2) is 4.79 Å². The van der Waals surface area contributed by atoms with Crippen molar-refractivity contribution in [2.75, 3.05) is 11.9 Å². The molecule has 0 aromatic carbocycles. The van der Waals surface area contributed by atoms with Crippen LogP contribution in [0.25, 0.3) is 6.08 Å². The minimum Gasteiger partial charge on any atom is -0.548 e. The molecule has 2 saturated heterocycles. The Hall–Kier alpha value is -2.34. The Morgan fingerprint density at radius 2 is 2.27 bits per heavy atom. The smallest absolute Gasteiger partial charge is 0.548 e. The van der Waals surface area contributed by atoms with Gasteiger partial charge < -0.3 is 19.5 Å². The third kappa shape index (κ3) is 4.10. The first-order chi connectivity index (χ1) is 13.9. The number of aromatic nitrogens is 3. The monoisotopic (exact) mass is 437 g/mol. The van der Waals surface area contributed by atoms with E-state index < -0.39 is 29.6 Å². The van der Waals surface area contributed by atoms with Crippen LogP contribution in [0.2, 0.25) is 0 Å². The number of pyridine rings is 1. The molecule has 30 heavy (non-hydrogen) atoms. The summed E-state index contributed by atoms with van der Waals surface area (Å²) in [5.41, 5.74) is 1.54. The van der Waals surface area contributed by atoms with Crippen molar-refractivity contribution >= 4 is 40.5 Å². The SMILES string of the molecule is C[C@@]1(COC(=O)Nc2nncs2)CC2/C(=C\c3ccccn3)C(=O)N2[C@H]1C(=O)[O-].[Na+]. The molecule has 4 rings (SSSR count).